The number of H-pyrrole nitrogens is 1. The van der Waals surface area contributed by atoms with Crippen LogP contribution in [-0.2, 0) is 6.42 Å². The molecule has 0 fully saturated rings. The Labute approximate surface area is 104 Å². The molecule has 0 spiro atoms. The van der Waals surface area contributed by atoms with Crippen LogP contribution in [0, 0.1) is 12.7 Å². The minimum atomic E-state index is -0.185. The van der Waals surface area contributed by atoms with Crippen molar-refractivity contribution in [2.75, 3.05) is 0 Å². The van der Waals surface area contributed by atoms with Crippen LogP contribution in [0.5, 0.6) is 0 Å². The second kappa shape index (κ2) is 4.26. The molecule has 0 unspecified atom stereocenters. The molecule has 2 nitrogen and oxygen atoms in total. The number of aromatic nitrogens is 2. The Morgan fingerprint density at radius 3 is 2.72 bits per heavy atom. The number of aryl methyl sites for hydroxylation is 1. The number of fused-ring (bicyclic) bond motifs is 1. The molecule has 3 heteroatoms. The van der Waals surface area contributed by atoms with E-state index in [1.165, 1.54) is 6.07 Å². The van der Waals surface area contributed by atoms with E-state index in [0.717, 1.165) is 22.4 Å². The van der Waals surface area contributed by atoms with Crippen molar-refractivity contribution in [2.24, 2.45) is 0 Å². The highest BCUT2D eigenvalue weighted by molar-refractivity contribution is 5.78. The minimum absolute atomic E-state index is 0.185. The van der Waals surface area contributed by atoms with Crippen LogP contribution in [0.15, 0.2) is 42.5 Å². The van der Waals surface area contributed by atoms with Crippen LogP contribution in [0.25, 0.3) is 11.0 Å². The molecule has 1 aromatic heterocycles. The summed E-state index contributed by atoms with van der Waals surface area (Å²) < 4.78 is 13.6. The van der Waals surface area contributed by atoms with Crippen LogP contribution in [0.3, 0.4) is 0 Å². The third-order valence-corrected chi connectivity index (χ3v) is 3.08. The number of imidazole rings is 1. The third-order valence-electron chi connectivity index (χ3n) is 3.08. The molecule has 0 aliphatic heterocycles. The average Bonchev–Trinajstić information content (AvgIpc) is 2.76. The standard InChI is InChI=1S/C15H13FN2/c1-10-5-4-8-13-15(10)18-14(17-13)9-11-6-2-3-7-12(11)16/h2-8H,9H2,1H3,(H,17,18). The fraction of sp³-hybridized carbons (Fsp3) is 0.133. The van der Waals surface area contributed by atoms with Gasteiger partial charge >= 0.3 is 0 Å². The Morgan fingerprint density at radius 1 is 1.11 bits per heavy atom. The van der Waals surface area contributed by atoms with Gasteiger partial charge < -0.3 is 4.98 Å². The number of aromatic amines is 1. The van der Waals surface area contributed by atoms with Gasteiger partial charge in [-0.3, -0.25) is 0 Å². The topological polar surface area (TPSA) is 28.7 Å². The molecule has 0 saturated heterocycles. The first-order chi connectivity index (χ1) is 8.74. The second-order valence-corrected chi connectivity index (χ2v) is 4.42. The molecule has 0 radical (unpaired) electrons. The quantitative estimate of drug-likeness (QED) is 0.728. The van der Waals surface area contributed by atoms with E-state index in [-0.39, 0.29) is 5.82 Å². The zero-order valence-corrected chi connectivity index (χ0v) is 10.1. The van der Waals surface area contributed by atoms with Crippen molar-refractivity contribution in [3.8, 4) is 0 Å². The summed E-state index contributed by atoms with van der Waals surface area (Å²) in [6, 6.07) is 12.8. The van der Waals surface area contributed by atoms with Gasteiger partial charge in [-0.2, -0.15) is 0 Å². The molecular weight excluding hydrogens is 227 g/mol. The van der Waals surface area contributed by atoms with Gasteiger partial charge in [0, 0.05) is 6.42 Å². The van der Waals surface area contributed by atoms with E-state index in [0.29, 0.717) is 12.0 Å². The van der Waals surface area contributed by atoms with E-state index in [9.17, 15) is 4.39 Å². The van der Waals surface area contributed by atoms with Crippen LogP contribution >= 0.6 is 0 Å². The largest absolute Gasteiger partial charge is 0.342 e. The molecule has 2 aromatic carbocycles. The predicted molar refractivity (Wildman–Crippen MR) is 70.0 cm³/mol. The molecule has 3 aromatic rings. The summed E-state index contributed by atoms with van der Waals surface area (Å²) in [6.45, 7) is 2.02. The number of benzene rings is 2. The van der Waals surface area contributed by atoms with Gasteiger partial charge in [-0.05, 0) is 30.2 Å². The first-order valence-electron chi connectivity index (χ1n) is 5.91. The molecule has 0 aliphatic rings. The highest BCUT2D eigenvalue weighted by atomic mass is 19.1. The van der Waals surface area contributed by atoms with Crippen LogP contribution in [0.2, 0.25) is 0 Å². The summed E-state index contributed by atoms with van der Waals surface area (Å²) in [4.78, 5) is 7.76. The van der Waals surface area contributed by atoms with Crippen LogP contribution < -0.4 is 0 Å². The van der Waals surface area contributed by atoms with E-state index in [2.05, 4.69) is 9.97 Å². The van der Waals surface area contributed by atoms with Crippen LogP contribution in [-0.4, -0.2) is 9.97 Å². The first kappa shape index (κ1) is 11.0. The van der Waals surface area contributed by atoms with E-state index in [1.54, 1.807) is 12.1 Å². The van der Waals surface area contributed by atoms with Gasteiger partial charge in [0.2, 0.25) is 0 Å². The number of nitrogens with zero attached hydrogens (tertiary/aromatic N) is 1. The Hall–Kier alpha value is -2.16. The van der Waals surface area contributed by atoms with Crippen molar-refractivity contribution < 1.29 is 4.39 Å². The summed E-state index contributed by atoms with van der Waals surface area (Å²) in [5.41, 5.74) is 3.75. The normalized spacial score (nSPS) is 11.0. The molecule has 0 saturated carbocycles. The minimum Gasteiger partial charge on any atom is -0.342 e. The Bertz CT molecular complexity index is 701. The van der Waals surface area contributed by atoms with Crippen LogP contribution in [0.4, 0.5) is 4.39 Å². The van der Waals surface area contributed by atoms with Crippen molar-refractivity contribution in [1.29, 1.82) is 0 Å². The Balaban J connectivity index is 2.01. The number of hydrogen-bond acceptors (Lipinski definition) is 1. The fourth-order valence-corrected chi connectivity index (χ4v) is 2.13. The number of halogens is 1. The van der Waals surface area contributed by atoms with Crippen molar-refractivity contribution >= 4 is 11.0 Å². The second-order valence-electron chi connectivity index (χ2n) is 4.42. The van der Waals surface area contributed by atoms with Gasteiger partial charge in [-0.25, -0.2) is 9.37 Å². The summed E-state index contributed by atoms with van der Waals surface area (Å²) in [6.07, 6.45) is 0.487. The number of rotatable bonds is 2. The van der Waals surface area contributed by atoms with E-state index in [1.807, 2.05) is 31.2 Å². The van der Waals surface area contributed by atoms with Gasteiger partial charge in [0.15, 0.2) is 0 Å². The number of para-hydroxylation sites is 1. The lowest BCUT2D eigenvalue weighted by Crippen LogP contribution is -1.93. The van der Waals surface area contributed by atoms with Gasteiger partial charge in [-0.15, -0.1) is 0 Å². The molecule has 1 heterocycles. The maximum atomic E-state index is 13.6. The fourth-order valence-electron chi connectivity index (χ4n) is 2.13. The highest BCUT2D eigenvalue weighted by Gasteiger charge is 2.07. The monoisotopic (exact) mass is 240 g/mol. The molecule has 18 heavy (non-hydrogen) atoms. The Morgan fingerprint density at radius 2 is 1.94 bits per heavy atom. The van der Waals surface area contributed by atoms with E-state index < -0.39 is 0 Å². The highest BCUT2D eigenvalue weighted by Crippen LogP contribution is 2.18. The summed E-state index contributed by atoms with van der Waals surface area (Å²) in [7, 11) is 0. The lowest BCUT2D eigenvalue weighted by atomic mass is 10.1. The first-order valence-corrected chi connectivity index (χ1v) is 5.91. The zero-order chi connectivity index (χ0) is 12.5. The molecule has 3 rings (SSSR count). The van der Waals surface area contributed by atoms with Crippen molar-refractivity contribution in [3.63, 3.8) is 0 Å². The van der Waals surface area contributed by atoms with Gasteiger partial charge in [-0.1, -0.05) is 30.3 Å². The number of nitrogens with one attached hydrogen (secondary N) is 1. The molecule has 0 amide bonds. The summed E-state index contributed by atoms with van der Waals surface area (Å²) in [5, 5.41) is 0. The van der Waals surface area contributed by atoms with Crippen LogP contribution in [0.1, 0.15) is 17.0 Å². The molecule has 90 valence electrons. The van der Waals surface area contributed by atoms with E-state index in [4.69, 9.17) is 0 Å². The molecule has 0 atom stereocenters. The smallest absolute Gasteiger partial charge is 0.126 e. The van der Waals surface area contributed by atoms with Gasteiger partial charge in [0.05, 0.1) is 11.0 Å². The third kappa shape index (κ3) is 1.88. The van der Waals surface area contributed by atoms with E-state index >= 15 is 0 Å². The van der Waals surface area contributed by atoms with Crippen molar-refractivity contribution in [3.05, 3.63) is 65.2 Å². The van der Waals surface area contributed by atoms with Crippen molar-refractivity contribution in [2.45, 2.75) is 13.3 Å². The maximum absolute atomic E-state index is 13.6. The predicted octanol–water partition coefficient (Wildman–Crippen LogP) is 3.60. The van der Waals surface area contributed by atoms with Gasteiger partial charge in [0.25, 0.3) is 0 Å². The van der Waals surface area contributed by atoms with Gasteiger partial charge in [0.1, 0.15) is 11.6 Å². The SMILES string of the molecule is Cc1cccc2[nH]c(Cc3ccccc3F)nc12. The average molecular weight is 240 g/mol. The molecular formula is C15H13FN2. The summed E-state index contributed by atoms with van der Waals surface area (Å²) in [5.74, 6) is 0.610. The molecule has 1 N–H and O–H groups in total. The maximum Gasteiger partial charge on any atom is 0.126 e. The lowest BCUT2D eigenvalue weighted by Gasteiger charge is -1.99. The molecule has 0 bridgehead atoms. The zero-order valence-electron chi connectivity index (χ0n) is 10.1. The lowest BCUT2D eigenvalue weighted by molar-refractivity contribution is 0.612. The molecule has 0 aliphatic carbocycles. The number of hydrogen-bond donors (Lipinski definition) is 1. The summed E-state index contributed by atoms with van der Waals surface area (Å²) >= 11 is 0. The Kier molecular flexibility index (Phi) is 2.59. The van der Waals surface area contributed by atoms with Crippen molar-refractivity contribution in [1.82, 2.24) is 9.97 Å².